The quantitative estimate of drug-likeness (QED) is 0.596. The molecule has 1 unspecified atom stereocenters. The lowest BCUT2D eigenvalue weighted by Gasteiger charge is -2.25. The lowest BCUT2D eigenvalue weighted by Crippen LogP contribution is -2.35. The number of amides is 1. The van der Waals surface area contributed by atoms with Gasteiger partial charge in [-0.15, -0.1) is 13.2 Å². The van der Waals surface area contributed by atoms with E-state index in [9.17, 15) is 26.4 Å². The average Bonchev–Trinajstić information content (AvgIpc) is 2.78. The van der Waals surface area contributed by atoms with Crippen molar-refractivity contribution < 1.29 is 31.1 Å². The van der Waals surface area contributed by atoms with Crippen molar-refractivity contribution in [2.45, 2.75) is 56.3 Å². The maximum absolute atomic E-state index is 12.7. The number of nitrogens with zero attached hydrogens (tertiary/aromatic N) is 1. The van der Waals surface area contributed by atoms with Gasteiger partial charge in [0.15, 0.2) is 0 Å². The Hall–Kier alpha value is -2.59. The predicted molar refractivity (Wildman–Crippen MR) is 117 cm³/mol. The summed E-state index contributed by atoms with van der Waals surface area (Å²) in [7, 11) is -3.49. The number of ether oxygens (including phenoxy) is 1. The van der Waals surface area contributed by atoms with Crippen LogP contribution in [0.15, 0.2) is 53.4 Å². The van der Waals surface area contributed by atoms with Crippen LogP contribution in [0.25, 0.3) is 0 Å². The fraction of sp³-hybridized carbons (Fsp3) is 0.435. The summed E-state index contributed by atoms with van der Waals surface area (Å²) in [6.07, 6.45) is -1.34. The first-order valence-electron chi connectivity index (χ1n) is 10.8. The molecule has 2 aromatic rings. The standard InChI is InChI=1S/C23H27F3N2O4S/c1-17(19-8-10-20(11-9-19)32-23(24,25)26)27-22(29)14-7-18-5-12-21(13-6-18)33(30,31)28-15-3-2-4-16-28/h5-6,8-13,17H,2-4,7,14-16H2,1H3,(H,27,29). The van der Waals surface area contributed by atoms with Crippen LogP contribution in [-0.4, -0.2) is 38.1 Å². The number of nitrogens with one attached hydrogen (secondary N) is 1. The lowest BCUT2D eigenvalue weighted by atomic mass is 10.1. The molecule has 3 rings (SSSR count). The van der Waals surface area contributed by atoms with Gasteiger partial charge in [-0.2, -0.15) is 4.31 Å². The van der Waals surface area contributed by atoms with Crippen molar-refractivity contribution in [1.82, 2.24) is 9.62 Å². The van der Waals surface area contributed by atoms with Crippen molar-refractivity contribution in [2.75, 3.05) is 13.1 Å². The van der Waals surface area contributed by atoms with Gasteiger partial charge < -0.3 is 10.1 Å². The van der Waals surface area contributed by atoms with E-state index in [1.54, 1.807) is 31.2 Å². The molecule has 1 fully saturated rings. The topological polar surface area (TPSA) is 75.7 Å². The summed E-state index contributed by atoms with van der Waals surface area (Å²) in [6, 6.07) is 11.5. The minimum Gasteiger partial charge on any atom is -0.406 e. The molecule has 1 heterocycles. The van der Waals surface area contributed by atoms with E-state index in [0.29, 0.717) is 25.1 Å². The Morgan fingerprint density at radius 3 is 2.21 bits per heavy atom. The predicted octanol–water partition coefficient (Wildman–Crippen LogP) is 4.57. The van der Waals surface area contributed by atoms with Gasteiger partial charge in [0.2, 0.25) is 15.9 Å². The highest BCUT2D eigenvalue weighted by Crippen LogP contribution is 2.25. The lowest BCUT2D eigenvalue weighted by molar-refractivity contribution is -0.274. The Kier molecular flexibility index (Phi) is 8.01. The number of piperidine rings is 1. The van der Waals surface area contributed by atoms with E-state index in [0.717, 1.165) is 24.8 Å². The SMILES string of the molecule is CC(NC(=O)CCc1ccc(S(=O)(=O)N2CCCCC2)cc1)c1ccc(OC(F)(F)F)cc1. The number of aryl methyl sites for hydroxylation is 1. The largest absolute Gasteiger partial charge is 0.573 e. The van der Waals surface area contributed by atoms with Crippen LogP contribution >= 0.6 is 0 Å². The molecule has 0 saturated carbocycles. The Bertz CT molecular complexity index is 1030. The van der Waals surface area contributed by atoms with Gasteiger partial charge in [-0.1, -0.05) is 30.7 Å². The van der Waals surface area contributed by atoms with Gasteiger partial charge in [0, 0.05) is 19.5 Å². The summed E-state index contributed by atoms with van der Waals surface area (Å²) < 4.78 is 67.5. The van der Waals surface area contributed by atoms with E-state index in [1.165, 1.54) is 28.6 Å². The highest BCUT2D eigenvalue weighted by atomic mass is 32.2. The molecule has 1 aliphatic rings. The zero-order valence-corrected chi connectivity index (χ0v) is 19.1. The molecule has 0 spiro atoms. The van der Waals surface area contributed by atoms with Gasteiger partial charge in [0.25, 0.3) is 0 Å². The second-order valence-electron chi connectivity index (χ2n) is 8.01. The van der Waals surface area contributed by atoms with E-state index in [4.69, 9.17) is 0 Å². The third-order valence-corrected chi connectivity index (χ3v) is 7.42. The molecular weight excluding hydrogens is 457 g/mol. The monoisotopic (exact) mass is 484 g/mol. The zero-order valence-electron chi connectivity index (χ0n) is 18.3. The van der Waals surface area contributed by atoms with Crippen LogP contribution < -0.4 is 10.1 Å². The van der Waals surface area contributed by atoms with E-state index in [-0.39, 0.29) is 23.0 Å². The second kappa shape index (κ2) is 10.6. The number of carbonyl (C=O) groups excluding carboxylic acids is 1. The van der Waals surface area contributed by atoms with Crippen molar-refractivity contribution in [3.8, 4) is 5.75 Å². The first kappa shape index (κ1) is 25.0. The summed E-state index contributed by atoms with van der Waals surface area (Å²) in [5, 5.41) is 2.81. The van der Waals surface area contributed by atoms with Crippen LogP contribution in [0.1, 0.15) is 49.8 Å². The maximum Gasteiger partial charge on any atom is 0.573 e. The first-order valence-corrected chi connectivity index (χ1v) is 12.2. The Balaban J connectivity index is 1.50. The zero-order chi connectivity index (χ0) is 24.1. The van der Waals surface area contributed by atoms with Crippen LogP contribution in [0.5, 0.6) is 5.75 Å². The number of carbonyl (C=O) groups is 1. The molecule has 180 valence electrons. The summed E-state index contributed by atoms with van der Waals surface area (Å²) >= 11 is 0. The van der Waals surface area contributed by atoms with Crippen molar-refractivity contribution in [3.05, 3.63) is 59.7 Å². The number of sulfonamides is 1. The van der Waals surface area contributed by atoms with E-state index in [1.807, 2.05) is 0 Å². The molecule has 0 bridgehead atoms. The molecular formula is C23H27F3N2O4S. The molecule has 10 heteroatoms. The Labute approximate surface area is 191 Å². The third-order valence-electron chi connectivity index (χ3n) is 5.51. The van der Waals surface area contributed by atoms with Crippen LogP contribution in [0, 0.1) is 0 Å². The number of benzene rings is 2. The normalized spacial score (nSPS) is 16.2. The molecule has 0 radical (unpaired) electrons. The molecule has 0 aliphatic carbocycles. The number of halogens is 3. The number of hydrogen-bond acceptors (Lipinski definition) is 4. The molecule has 6 nitrogen and oxygen atoms in total. The molecule has 0 aromatic heterocycles. The van der Waals surface area contributed by atoms with Gasteiger partial charge >= 0.3 is 6.36 Å². The van der Waals surface area contributed by atoms with Gasteiger partial charge in [-0.25, -0.2) is 8.42 Å². The first-order chi connectivity index (χ1) is 15.5. The fourth-order valence-corrected chi connectivity index (χ4v) is 5.21. The molecule has 1 atom stereocenters. The van der Waals surface area contributed by atoms with Crippen LogP contribution in [0.3, 0.4) is 0 Å². The minimum atomic E-state index is -4.75. The highest BCUT2D eigenvalue weighted by Gasteiger charge is 2.31. The summed E-state index contributed by atoms with van der Waals surface area (Å²) in [6.45, 7) is 2.82. The summed E-state index contributed by atoms with van der Waals surface area (Å²) in [5.74, 6) is -0.543. The van der Waals surface area contributed by atoms with Gasteiger partial charge in [-0.3, -0.25) is 4.79 Å². The Morgan fingerprint density at radius 1 is 1.03 bits per heavy atom. The number of alkyl halides is 3. The average molecular weight is 485 g/mol. The number of hydrogen-bond donors (Lipinski definition) is 1. The summed E-state index contributed by atoms with van der Waals surface area (Å²) in [4.78, 5) is 12.6. The van der Waals surface area contributed by atoms with E-state index < -0.39 is 22.4 Å². The van der Waals surface area contributed by atoms with Crippen molar-refractivity contribution >= 4 is 15.9 Å². The molecule has 33 heavy (non-hydrogen) atoms. The second-order valence-corrected chi connectivity index (χ2v) is 9.95. The van der Waals surface area contributed by atoms with Crippen molar-refractivity contribution in [1.29, 1.82) is 0 Å². The van der Waals surface area contributed by atoms with Crippen LogP contribution in [0.4, 0.5) is 13.2 Å². The van der Waals surface area contributed by atoms with Gasteiger partial charge in [-0.05, 0) is 61.6 Å². The van der Waals surface area contributed by atoms with Gasteiger partial charge in [0.1, 0.15) is 5.75 Å². The van der Waals surface area contributed by atoms with Crippen molar-refractivity contribution in [3.63, 3.8) is 0 Å². The smallest absolute Gasteiger partial charge is 0.406 e. The molecule has 1 amide bonds. The minimum absolute atomic E-state index is 0.192. The summed E-state index contributed by atoms with van der Waals surface area (Å²) in [5.41, 5.74) is 1.48. The van der Waals surface area contributed by atoms with Gasteiger partial charge in [0.05, 0.1) is 10.9 Å². The molecule has 1 saturated heterocycles. The van der Waals surface area contributed by atoms with Crippen LogP contribution in [-0.2, 0) is 21.2 Å². The molecule has 2 aromatic carbocycles. The fourth-order valence-electron chi connectivity index (χ4n) is 3.70. The Morgan fingerprint density at radius 2 is 1.64 bits per heavy atom. The molecule has 1 N–H and O–H groups in total. The number of rotatable bonds is 8. The van der Waals surface area contributed by atoms with E-state index in [2.05, 4.69) is 10.1 Å². The molecule has 1 aliphatic heterocycles. The maximum atomic E-state index is 12.7. The van der Waals surface area contributed by atoms with Crippen LogP contribution in [0.2, 0.25) is 0 Å². The third kappa shape index (κ3) is 7.20. The highest BCUT2D eigenvalue weighted by molar-refractivity contribution is 7.89. The van der Waals surface area contributed by atoms with Crippen molar-refractivity contribution in [2.24, 2.45) is 0 Å². The van der Waals surface area contributed by atoms with E-state index >= 15 is 0 Å².